The first-order valence-electron chi connectivity index (χ1n) is 10.3. The van der Waals surface area contributed by atoms with Gasteiger partial charge < -0.3 is 20.1 Å². The van der Waals surface area contributed by atoms with Crippen molar-refractivity contribution in [3.8, 4) is 0 Å². The summed E-state index contributed by atoms with van der Waals surface area (Å²) in [6, 6.07) is 8.02. The number of guanidine groups is 1. The van der Waals surface area contributed by atoms with Crippen molar-refractivity contribution in [1.82, 2.24) is 15.5 Å². The number of anilines is 1. The summed E-state index contributed by atoms with van der Waals surface area (Å²) in [6.45, 7) is 12.3. The Labute approximate surface area is 197 Å². The highest BCUT2D eigenvalue weighted by Crippen LogP contribution is 2.13. The number of ether oxygens (including phenoxy) is 2. The van der Waals surface area contributed by atoms with E-state index in [1.807, 2.05) is 24.3 Å². The Kier molecular flexibility index (Phi) is 12.7. The number of nitrogens with one attached hydrogen (secondary N) is 3. The average molecular weight is 533 g/mol. The molecule has 1 heterocycles. The molecule has 30 heavy (non-hydrogen) atoms. The molecule has 1 atom stereocenters. The molecular formula is C21H36IN5O3. The number of amides is 1. The minimum atomic E-state index is -0.477. The van der Waals surface area contributed by atoms with E-state index in [9.17, 15) is 4.79 Å². The van der Waals surface area contributed by atoms with Crippen LogP contribution in [-0.2, 0) is 16.0 Å². The molecule has 1 aromatic carbocycles. The van der Waals surface area contributed by atoms with E-state index in [1.165, 1.54) is 7.11 Å². The second-order valence-electron chi connectivity index (χ2n) is 7.35. The Morgan fingerprint density at radius 1 is 1.20 bits per heavy atom. The maximum Gasteiger partial charge on any atom is 0.411 e. The van der Waals surface area contributed by atoms with Gasteiger partial charge in [0.2, 0.25) is 0 Å². The number of rotatable bonds is 8. The van der Waals surface area contributed by atoms with Crippen molar-refractivity contribution < 1.29 is 14.3 Å². The van der Waals surface area contributed by atoms with E-state index in [0.29, 0.717) is 24.2 Å². The van der Waals surface area contributed by atoms with Crippen molar-refractivity contribution in [2.24, 2.45) is 10.9 Å². The number of hydrogen-bond donors (Lipinski definition) is 3. The highest BCUT2D eigenvalue weighted by Gasteiger charge is 2.23. The van der Waals surface area contributed by atoms with E-state index < -0.39 is 6.09 Å². The van der Waals surface area contributed by atoms with Crippen LogP contribution in [0.1, 0.15) is 26.3 Å². The molecule has 0 bridgehead atoms. The molecule has 9 heteroatoms. The molecule has 1 aliphatic rings. The summed E-state index contributed by atoms with van der Waals surface area (Å²) >= 11 is 0. The Morgan fingerprint density at radius 2 is 1.87 bits per heavy atom. The smallest absolute Gasteiger partial charge is 0.411 e. The van der Waals surface area contributed by atoms with Crippen LogP contribution in [0.2, 0.25) is 0 Å². The minimum Gasteiger partial charge on any atom is -0.453 e. The highest BCUT2D eigenvalue weighted by molar-refractivity contribution is 14.0. The van der Waals surface area contributed by atoms with E-state index in [2.05, 4.69) is 46.4 Å². The van der Waals surface area contributed by atoms with Crippen molar-refractivity contribution in [3.05, 3.63) is 29.8 Å². The lowest BCUT2D eigenvalue weighted by molar-refractivity contribution is 0.00752. The zero-order valence-corrected chi connectivity index (χ0v) is 20.8. The molecule has 0 radical (unpaired) electrons. The molecule has 0 aromatic heterocycles. The van der Waals surface area contributed by atoms with Crippen LogP contribution in [0.3, 0.4) is 0 Å². The van der Waals surface area contributed by atoms with Gasteiger partial charge in [-0.2, -0.15) is 0 Å². The molecule has 0 saturated carbocycles. The molecule has 1 amide bonds. The lowest BCUT2D eigenvalue weighted by Crippen LogP contribution is -2.52. The van der Waals surface area contributed by atoms with Gasteiger partial charge in [0.05, 0.1) is 26.9 Å². The highest BCUT2D eigenvalue weighted by atomic mass is 127. The fraction of sp³-hybridized carbons (Fsp3) is 0.619. The number of methoxy groups -OCH3 is 1. The Bertz CT molecular complexity index is 649. The van der Waals surface area contributed by atoms with Crippen LogP contribution in [0.25, 0.3) is 0 Å². The van der Waals surface area contributed by atoms with E-state index >= 15 is 0 Å². The fourth-order valence-electron chi connectivity index (χ4n) is 3.27. The predicted octanol–water partition coefficient (Wildman–Crippen LogP) is 2.89. The van der Waals surface area contributed by atoms with Crippen molar-refractivity contribution >= 4 is 41.7 Å². The van der Waals surface area contributed by atoms with Gasteiger partial charge in [0, 0.05) is 37.9 Å². The number of halogens is 1. The molecule has 0 spiro atoms. The average Bonchev–Trinajstić information content (AvgIpc) is 2.73. The van der Waals surface area contributed by atoms with Gasteiger partial charge in [0.25, 0.3) is 0 Å². The topological polar surface area (TPSA) is 87.2 Å². The molecule has 1 unspecified atom stereocenters. The maximum absolute atomic E-state index is 11.3. The molecule has 3 N–H and O–H groups in total. The van der Waals surface area contributed by atoms with E-state index in [-0.39, 0.29) is 24.0 Å². The molecule has 1 aromatic rings. The monoisotopic (exact) mass is 533 g/mol. The molecule has 8 nitrogen and oxygen atoms in total. The lowest BCUT2D eigenvalue weighted by atomic mass is 10.0. The van der Waals surface area contributed by atoms with Gasteiger partial charge in [0.1, 0.15) is 0 Å². The lowest BCUT2D eigenvalue weighted by Gasteiger charge is -2.37. The van der Waals surface area contributed by atoms with Gasteiger partial charge in [-0.05, 0) is 30.5 Å². The third-order valence-corrected chi connectivity index (χ3v) is 4.91. The Morgan fingerprint density at radius 3 is 2.43 bits per heavy atom. The standard InChI is InChI=1S/C21H35N5O3.HI/c1-5-22-20(24-15-19(16(2)3)26-10-12-29-13-11-26)23-14-17-6-8-18(9-7-17)25-21(27)28-4;/h6-9,16,19H,5,10-15H2,1-4H3,(H,25,27)(H2,22,23,24);1H. The van der Waals surface area contributed by atoms with Crippen molar-refractivity contribution in [2.45, 2.75) is 33.4 Å². The number of carbonyl (C=O) groups excluding carboxylic acids is 1. The summed E-state index contributed by atoms with van der Waals surface area (Å²) in [5, 5.41) is 9.46. The molecule has 1 aliphatic heterocycles. The van der Waals surface area contributed by atoms with E-state index in [1.54, 1.807) is 0 Å². The summed E-state index contributed by atoms with van der Waals surface area (Å²) in [5.74, 6) is 1.35. The third kappa shape index (κ3) is 9.05. The van der Waals surface area contributed by atoms with Gasteiger partial charge in [-0.25, -0.2) is 9.79 Å². The van der Waals surface area contributed by atoms with Gasteiger partial charge in [0.15, 0.2) is 5.96 Å². The van der Waals surface area contributed by atoms with E-state index in [0.717, 1.165) is 50.9 Å². The number of carbonyl (C=O) groups is 1. The quantitative estimate of drug-likeness (QED) is 0.271. The zero-order chi connectivity index (χ0) is 21.1. The third-order valence-electron chi connectivity index (χ3n) is 4.91. The molecule has 2 rings (SSSR count). The number of benzene rings is 1. The summed E-state index contributed by atoms with van der Waals surface area (Å²) in [4.78, 5) is 18.5. The largest absolute Gasteiger partial charge is 0.453 e. The number of hydrogen-bond acceptors (Lipinski definition) is 5. The van der Waals surface area contributed by atoms with Crippen LogP contribution in [0.15, 0.2) is 29.3 Å². The molecular weight excluding hydrogens is 497 g/mol. The van der Waals surface area contributed by atoms with Gasteiger partial charge in [-0.1, -0.05) is 26.0 Å². The minimum absolute atomic E-state index is 0. The second-order valence-corrected chi connectivity index (χ2v) is 7.35. The number of morpholine rings is 1. The first kappa shape index (κ1) is 26.4. The predicted molar refractivity (Wildman–Crippen MR) is 132 cm³/mol. The van der Waals surface area contributed by atoms with Crippen molar-refractivity contribution in [2.75, 3.05) is 51.8 Å². The van der Waals surface area contributed by atoms with Crippen molar-refractivity contribution in [1.29, 1.82) is 0 Å². The van der Waals surface area contributed by atoms with Crippen LogP contribution in [0.4, 0.5) is 10.5 Å². The van der Waals surface area contributed by atoms with Crippen LogP contribution >= 0.6 is 24.0 Å². The molecule has 0 aliphatic carbocycles. The molecule has 1 fully saturated rings. The molecule has 170 valence electrons. The van der Waals surface area contributed by atoms with Gasteiger partial charge >= 0.3 is 6.09 Å². The summed E-state index contributed by atoms with van der Waals surface area (Å²) < 4.78 is 10.1. The van der Waals surface area contributed by atoms with Crippen LogP contribution in [-0.4, -0.2) is 69.5 Å². The van der Waals surface area contributed by atoms with E-state index in [4.69, 9.17) is 9.73 Å². The maximum atomic E-state index is 11.3. The van der Waals surface area contributed by atoms with Gasteiger partial charge in [-0.15, -0.1) is 24.0 Å². The molecule has 1 saturated heterocycles. The first-order chi connectivity index (χ1) is 14.0. The van der Waals surface area contributed by atoms with Crippen LogP contribution < -0.4 is 16.0 Å². The first-order valence-corrected chi connectivity index (χ1v) is 10.3. The Hall–Kier alpha value is -1.59. The summed E-state index contributed by atoms with van der Waals surface area (Å²) in [5.41, 5.74) is 1.76. The van der Waals surface area contributed by atoms with Crippen molar-refractivity contribution in [3.63, 3.8) is 0 Å². The normalized spacial score (nSPS) is 15.8. The summed E-state index contributed by atoms with van der Waals surface area (Å²) in [6.07, 6.45) is -0.477. The van der Waals surface area contributed by atoms with Crippen LogP contribution in [0.5, 0.6) is 0 Å². The number of nitrogens with zero attached hydrogens (tertiary/aromatic N) is 2. The van der Waals surface area contributed by atoms with Gasteiger partial charge in [-0.3, -0.25) is 10.2 Å². The summed E-state index contributed by atoms with van der Waals surface area (Å²) in [7, 11) is 1.34. The SMILES string of the molecule is CCNC(=NCc1ccc(NC(=O)OC)cc1)NCC(C(C)C)N1CCOCC1.I. The fourth-order valence-corrected chi connectivity index (χ4v) is 3.27. The second kappa shape index (κ2) is 14.4. The number of aliphatic imine (C=N–C) groups is 1. The van der Waals surface area contributed by atoms with Crippen LogP contribution in [0, 0.1) is 5.92 Å². The Balaban J connectivity index is 0.00000450. The zero-order valence-electron chi connectivity index (χ0n) is 18.4.